The molecule has 0 saturated carbocycles. The Morgan fingerprint density at radius 1 is 1.20 bits per heavy atom. The SMILES string of the molecule is CCN(CC)C1=NC2C(C(=O)NC(=O)N2C)N1Cc1ccc(F)cc1. The highest BCUT2D eigenvalue weighted by Gasteiger charge is 2.49. The molecule has 134 valence electrons. The average molecular weight is 347 g/mol. The number of nitrogens with one attached hydrogen (secondary N) is 1. The number of carbonyl (C=O) groups is 2. The minimum atomic E-state index is -0.594. The monoisotopic (exact) mass is 347 g/mol. The van der Waals surface area contributed by atoms with Crippen LogP contribution in [0.1, 0.15) is 19.4 Å². The molecule has 2 aliphatic heterocycles. The number of benzene rings is 1. The Labute approximate surface area is 146 Å². The number of amides is 3. The quantitative estimate of drug-likeness (QED) is 0.889. The molecular formula is C17H22FN5O2. The van der Waals surface area contributed by atoms with Crippen LogP contribution in [-0.4, -0.2) is 64.9 Å². The van der Waals surface area contributed by atoms with Crippen LogP contribution in [-0.2, 0) is 11.3 Å². The van der Waals surface area contributed by atoms with E-state index < -0.39 is 18.2 Å². The molecule has 7 nitrogen and oxygen atoms in total. The third-order valence-corrected chi connectivity index (χ3v) is 4.65. The van der Waals surface area contributed by atoms with Gasteiger partial charge >= 0.3 is 6.03 Å². The van der Waals surface area contributed by atoms with Crippen molar-refractivity contribution < 1.29 is 14.0 Å². The number of urea groups is 1. The van der Waals surface area contributed by atoms with Gasteiger partial charge in [-0.2, -0.15) is 0 Å². The summed E-state index contributed by atoms with van der Waals surface area (Å²) in [4.78, 5) is 34.4. The zero-order valence-electron chi connectivity index (χ0n) is 14.6. The number of aliphatic imine (C=N–C) groups is 1. The first-order valence-electron chi connectivity index (χ1n) is 8.37. The lowest BCUT2D eigenvalue weighted by Gasteiger charge is -2.37. The molecule has 0 aliphatic carbocycles. The standard InChI is InChI=1S/C17H22FN5O2/c1-4-22(5-2)16-19-14-13(15(24)20-17(25)21(14)3)23(16)10-11-6-8-12(18)9-7-11/h6-9,13-14H,4-5,10H2,1-3H3,(H,20,24,25). The van der Waals surface area contributed by atoms with Crippen LogP contribution >= 0.6 is 0 Å². The van der Waals surface area contributed by atoms with Gasteiger partial charge in [-0.25, -0.2) is 14.2 Å². The van der Waals surface area contributed by atoms with E-state index in [9.17, 15) is 14.0 Å². The number of carbonyl (C=O) groups excluding carboxylic acids is 2. The van der Waals surface area contributed by atoms with Gasteiger partial charge in [0.2, 0.25) is 0 Å². The van der Waals surface area contributed by atoms with Crippen LogP contribution in [0.5, 0.6) is 0 Å². The summed E-state index contributed by atoms with van der Waals surface area (Å²) >= 11 is 0. The number of likely N-dealkylation sites (N-methyl/N-ethyl adjacent to an activating group) is 1. The van der Waals surface area contributed by atoms with Crippen LogP contribution in [0.2, 0.25) is 0 Å². The van der Waals surface area contributed by atoms with Gasteiger partial charge in [0.05, 0.1) is 0 Å². The van der Waals surface area contributed by atoms with Crippen LogP contribution in [0.15, 0.2) is 29.3 Å². The number of fused-ring (bicyclic) bond motifs is 1. The first-order valence-corrected chi connectivity index (χ1v) is 8.37. The van der Waals surface area contributed by atoms with Crippen LogP contribution in [0.3, 0.4) is 0 Å². The second-order valence-electron chi connectivity index (χ2n) is 6.12. The maximum absolute atomic E-state index is 13.2. The molecule has 1 aromatic rings. The fourth-order valence-electron chi connectivity index (χ4n) is 3.24. The van der Waals surface area contributed by atoms with Crippen molar-refractivity contribution in [2.75, 3.05) is 20.1 Å². The summed E-state index contributed by atoms with van der Waals surface area (Å²) in [5.74, 6) is 0.0172. The normalized spacial score (nSPS) is 22.6. The van der Waals surface area contributed by atoms with Crippen LogP contribution < -0.4 is 5.32 Å². The smallest absolute Gasteiger partial charge is 0.325 e. The largest absolute Gasteiger partial charge is 0.343 e. The van der Waals surface area contributed by atoms with Gasteiger partial charge in [0, 0.05) is 26.7 Å². The Morgan fingerprint density at radius 3 is 2.44 bits per heavy atom. The second-order valence-corrected chi connectivity index (χ2v) is 6.12. The van der Waals surface area contributed by atoms with Gasteiger partial charge in [0.25, 0.3) is 5.91 Å². The van der Waals surface area contributed by atoms with Crippen molar-refractivity contribution in [3.05, 3.63) is 35.6 Å². The van der Waals surface area contributed by atoms with Crippen molar-refractivity contribution in [2.24, 2.45) is 4.99 Å². The summed E-state index contributed by atoms with van der Waals surface area (Å²) in [6, 6.07) is 5.14. The van der Waals surface area contributed by atoms with E-state index in [0.717, 1.165) is 18.7 Å². The molecule has 0 aromatic heterocycles. The third-order valence-electron chi connectivity index (χ3n) is 4.65. The van der Waals surface area contributed by atoms with E-state index in [1.165, 1.54) is 17.0 Å². The molecule has 25 heavy (non-hydrogen) atoms. The van der Waals surface area contributed by atoms with E-state index >= 15 is 0 Å². The first-order chi connectivity index (χ1) is 12.0. The molecule has 2 atom stereocenters. The summed E-state index contributed by atoms with van der Waals surface area (Å²) < 4.78 is 13.2. The van der Waals surface area contributed by atoms with E-state index in [1.807, 2.05) is 23.6 Å². The van der Waals surface area contributed by atoms with E-state index in [2.05, 4.69) is 10.3 Å². The van der Waals surface area contributed by atoms with Crippen molar-refractivity contribution in [3.63, 3.8) is 0 Å². The number of imide groups is 1. The molecule has 8 heteroatoms. The van der Waals surface area contributed by atoms with Gasteiger partial charge in [-0.15, -0.1) is 0 Å². The summed E-state index contributed by atoms with van der Waals surface area (Å²) in [6.07, 6.45) is -0.558. The van der Waals surface area contributed by atoms with E-state index in [1.54, 1.807) is 19.2 Å². The Bertz CT molecular complexity index is 701. The first kappa shape index (κ1) is 17.2. The Hall–Kier alpha value is -2.64. The molecule has 3 rings (SSSR count). The summed E-state index contributed by atoms with van der Waals surface area (Å²) in [5.41, 5.74) is 0.870. The highest BCUT2D eigenvalue weighted by Crippen LogP contribution is 2.27. The fraction of sp³-hybridized carbons (Fsp3) is 0.471. The minimum Gasteiger partial charge on any atom is -0.343 e. The molecule has 1 saturated heterocycles. The lowest BCUT2D eigenvalue weighted by molar-refractivity contribution is -0.127. The molecule has 3 amide bonds. The lowest BCUT2D eigenvalue weighted by atomic mass is 10.1. The molecule has 2 unspecified atom stereocenters. The molecule has 2 heterocycles. The van der Waals surface area contributed by atoms with Crippen molar-refractivity contribution in [2.45, 2.75) is 32.6 Å². The molecule has 0 spiro atoms. The summed E-state index contributed by atoms with van der Waals surface area (Å²) in [5, 5.41) is 2.38. The minimum absolute atomic E-state index is 0.304. The molecule has 1 N–H and O–H groups in total. The molecule has 1 aromatic carbocycles. The van der Waals surface area contributed by atoms with Crippen molar-refractivity contribution in [1.29, 1.82) is 0 Å². The molecule has 0 bridgehead atoms. The van der Waals surface area contributed by atoms with Gasteiger partial charge in [-0.3, -0.25) is 10.1 Å². The molecule has 1 fully saturated rings. The maximum Gasteiger partial charge on any atom is 0.325 e. The molecular weight excluding hydrogens is 325 g/mol. The summed E-state index contributed by atoms with van der Waals surface area (Å²) in [6.45, 7) is 5.90. The summed E-state index contributed by atoms with van der Waals surface area (Å²) in [7, 11) is 1.63. The molecule has 0 radical (unpaired) electrons. The van der Waals surface area contributed by atoms with Gasteiger partial charge in [-0.05, 0) is 31.5 Å². The highest BCUT2D eigenvalue weighted by molar-refractivity contribution is 6.03. The predicted molar refractivity (Wildman–Crippen MR) is 91.2 cm³/mol. The number of nitrogens with zero attached hydrogens (tertiary/aromatic N) is 4. The van der Waals surface area contributed by atoms with Gasteiger partial charge in [0.1, 0.15) is 5.82 Å². The second kappa shape index (κ2) is 6.70. The number of rotatable bonds is 4. The van der Waals surface area contributed by atoms with Crippen LogP contribution in [0, 0.1) is 5.82 Å². The average Bonchev–Trinajstić information content (AvgIpc) is 2.96. The van der Waals surface area contributed by atoms with Gasteiger partial charge in [-0.1, -0.05) is 12.1 Å². The van der Waals surface area contributed by atoms with Gasteiger partial charge < -0.3 is 14.7 Å². The number of hydrogen-bond acceptors (Lipinski definition) is 5. The third kappa shape index (κ3) is 3.04. The highest BCUT2D eigenvalue weighted by atomic mass is 19.1. The Balaban J connectivity index is 1.96. The number of halogens is 1. The van der Waals surface area contributed by atoms with E-state index in [-0.39, 0.29) is 11.7 Å². The number of hydrogen-bond donors (Lipinski definition) is 1. The number of guanidine groups is 1. The zero-order chi connectivity index (χ0) is 18.1. The van der Waals surface area contributed by atoms with Crippen LogP contribution in [0.25, 0.3) is 0 Å². The Kier molecular flexibility index (Phi) is 4.61. The van der Waals surface area contributed by atoms with E-state index in [4.69, 9.17) is 0 Å². The molecule has 2 aliphatic rings. The Morgan fingerprint density at radius 2 is 1.84 bits per heavy atom. The zero-order valence-corrected chi connectivity index (χ0v) is 14.6. The predicted octanol–water partition coefficient (Wildman–Crippen LogP) is 1.22. The van der Waals surface area contributed by atoms with Crippen LogP contribution in [0.4, 0.5) is 9.18 Å². The lowest BCUT2D eigenvalue weighted by Crippen LogP contribution is -2.64. The van der Waals surface area contributed by atoms with Gasteiger partial charge in [0.15, 0.2) is 18.2 Å². The maximum atomic E-state index is 13.2. The van der Waals surface area contributed by atoms with Crippen molar-refractivity contribution >= 4 is 17.9 Å². The fourth-order valence-corrected chi connectivity index (χ4v) is 3.24. The topological polar surface area (TPSA) is 68.2 Å². The van der Waals surface area contributed by atoms with E-state index in [0.29, 0.717) is 12.5 Å². The van der Waals surface area contributed by atoms with Crippen molar-refractivity contribution in [3.8, 4) is 0 Å². The van der Waals surface area contributed by atoms with Crippen molar-refractivity contribution in [1.82, 2.24) is 20.0 Å².